The lowest BCUT2D eigenvalue weighted by Crippen LogP contribution is -2.14. The summed E-state index contributed by atoms with van der Waals surface area (Å²) in [5.41, 5.74) is 7.10. The predicted octanol–water partition coefficient (Wildman–Crippen LogP) is 1.90. The first-order valence-corrected chi connectivity index (χ1v) is 4.92. The Kier molecular flexibility index (Phi) is 4.56. The smallest absolute Gasteiger partial charge is 0.0543 e. The van der Waals surface area contributed by atoms with E-state index in [4.69, 9.17) is 10.5 Å². The van der Waals surface area contributed by atoms with E-state index in [9.17, 15) is 0 Å². The Bertz CT molecular complexity index is 251. The van der Waals surface area contributed by atoms with Gasteiger partial charge in [0.15, 0.2) is 0 Å². The second kappa shape index (κ2) is 5.73. The molecule has 2 unspecified atom stereocenters. The summed E-state index contributed by atoms with van der Waals surface area (Å²) in [6.07, 6.45) is 5.77. The fraction of sp³-hybridized carbons (Fsp3) is 0.545. The minimum absolute atomic E-state index is 0.0706. The second-order valence-electron chi connectivity index (χ2n) is 3.52. The van der Waals surface area contributed by atoms with Crippen molar-refractivity contribution in [1.82, 2.24) is 4.98 Å². The summed E-state index contributed by atoms with van der Waals surface area (Å²) in [6.45, 7) is 2.05. The van der Waals surface area contributed by atoms with Gasteiger partial charge in [-0.2, -0.15) is 0 Å². The summed E-state index contributed by atoms with van der Waals surface area (Å²) in [4.78, 5) is 4.04. The highest BCUT2D eigenvalue weighted by molar-refractivity contribution is 5.12. The van der Waals surface area contributed by atoms with Gasteiger partial charge in [-0.3, -0.25) is 4.98 Å². The Morgan fingerprint density at radius 1 is 1.50 bits per heavy atom. The van der Waals surface area contributed by atoms with Gasteiger partial charge in [0.05, 0.1) is 6.10 Å². The van der Waals surface area contributed by atoms with Crippen molar-refractivity contribution in [2.24, 2.45) is 5.73 Å². The molecule has 2 N–H and O–H groups in total. The molecule has 0 bridgehead atoms. The number of aromatic nitrogens is 1. The first-order chi connectivity index (χ1) is 6.74. The van der Waals surface area contributed by atoms with Gasteiger partial charge in [-0.25, -0.2) is 0 Å². The first-order valence-electron chi connectivity index (χ1n) is 4.92. The molecule has 0 saturated heterocycles. The molecule has 3 heteroatoms. The van der Waals surface area contributed by atoms with Crippen LogP contribution in [0.2, 0.25) is 0 Å². The molecule has 78 valence electrons. The zero-order valence-electron chi connectivity index (χ0n) is 8.81. The number of nitrogens with zero attached hydrogens (tertiary/aromatic N) is 1. The SMILES string of the molecule is COC(C)CCC(N)c1cccnc1. The number of nitrogens with two attached hydrogens (primary N) is 1. The van der Waals surface area contributed by atoms with Crippen molar-refractivity contribution in [3.8, 4) is 0 Å². The molecule has 0 saturated carbocycles. The lowest BCUT2D eigenvalue weighted by atomic mass is 10.0. The topological polar surface area (TPSA) is 48.1 Å². The number of hydrogen-bond donors (Lipinski definition) is 1. The van der Waals surface area contributed by atoms with Crippen LogP contribution in [0, 0.1) is 0 Å². The first kappa shape index (κ1) is 11.1. The van der Waals surface area contributed by atoms with Crippen LogP contribution < -0.4 is 5.73 Å². The van der Waals surface area contributed by atoms with E-state index < -0.39 is 0 Å². The van der Waals surface area contributed by atoms with E-state index in [1.54, 1.807) is 13.3 Å². The molecule has 0 amide bonds. The number of ether oxygens (including phenoxy) is 1. The summed E-state index contributed by atoms with van der Waals surface area (Å²) in [7, 11) is 1.72. The third-order valence-corrected chi connectivity index (χ3v) is 2.40. The fourth-order valence-corrected chi connectivity index (χ4v) is 1.29. The van der Waals surface area contributed by atoms with Crippen molar-refractivity contribution in [2.45, 2.75) is 31.9 Å². The summed E-state index contributed by atoms with van der Waals surface area (Å²) < 4.78 is 5.17. The minimum Gasteiger partial charge on any atom is -0.382 e. The van der Waals surface area contributed by atoms with Gasteiger partial charge in [0.2, 0.25) is 0 Å². The van der Waals surface area contributed by atoms with E-state index in [-0.39, 0.29) is 12.1 Å². The molecule has 0 aliphatic heterocycles. The van der Waals surface area contributed by atoms with E-state index in [1.807, 2.05) is 18.3 Å². The van der Waals surface area contributed by atoms with Gasteiger partial charge in [-0.15, -0.1) is 0 Å². The van der Waals surface area contributed by atoms with Crippen molar-refractivity contribution < 1.29 is 4.74 Å². The molecule has 1 aromatic heterocycles. The monoisotopic (exact) mass is 194 g/mol. The zero-order valence-corrected chi connectivity index (χ0v) is 8.81. The van der Waals surface area contributed by atoms with Crippen LogP contribution in [0.4, 0.5) is 0 Å². The van der Waals surface area contributed by atoms with Crippen molar-refractivity contribution in [3.05, 3.63) is 30.1 Å². The molecule has 0 spiro atoms. The van der Waals surface area contributed by atoms with Crippen LogP contribution in [0.3, 0.4) is 0 Å². The lowest BCUT2D eigenvalue weighted by molar-refractivity contribution is 0.107. The molecular formula is C11H18N2O. The third-order valence-electron chi connectivity index (χ3n) is 2.40. The highest BCUT2D eigenvalue weighted by Gasteiger charge is 2.07. The standard InChI is InChI=1S/C11H18N2O/c1-9(14-2)5-6-11(12)10-4-3-7-13-8-10/h3-4,7-9,11H,5-6,12H2,1-2H3. The van der Waals surface area contributed by atoms with Gasteiger partial charge in [-0.05, 0) is 31.4 Å². The van der Waals surface area contributed by atoms with Crippen LogP contribution in [0.25, 0.3) is 0 Å². The molecule has 0 aromatic carbocycles. The molecular weight excluding hydrogens is 176 g/mol. The molecule has 1 heterocycles. The molecule has 1 aromatic rings. The molecule has 0 radical (unpaired) electrons. The minimum atomic E-state index is 0.0706. The second-order valence-corrected chi connectivity index (χ2v) is 3.52. The maximum absolute atomic E-state index is 6.00. The van der Waals surface area contributed by atoms with Crippen LogP contribution in [-0.2, 0) is 4.74 Å². The fourth-order valence-electron chi connectivity index (χ4n) is 1.29. The van der Waals surface area contributed by atoms with E-state index in [0.29, 0.717) is 0 Å². The van der Waals surface area contributed by atoms with Gasteiger partial charge in [0.25, 0.3) is 0 Å². The molecule has 14 heavy (non-hydrogen) atoms. The van der Waals surface area contributed by atoms with E-state index in [0.717, 1.165) is 18.4 Å². The van der Waals surface area contributed by atoms with Gasteiger partial charge >= 0.3 is 0 Å². The molecule has 2 atom stereocenters. The zero-order chi connectivity index (χ0) is 10.4. The van der Waals surface area contributed by atoms with Crippen LogP contribution in [0.5, 0.6) is 0 Å². The Morgan fingerprint density at radius 3 is 2.86 bits per heavy atom. The summed E-state index contributed by atoms with van der Waals surface area (Å²) >= 11 is 0. The Morgan fingerprint density at radius 2 is 2.29 bits per heavy atom. The van der Waals surface area contributed by atoms with Gasteiger partial charge < -0.3 is 10.5 Å². The lowest BCUT2D eigenvalue weighted by Gasteiger charge is -2.14. The number of hydrogen-bond acceptors (Lipinski definition) is 3. The number of pyridine rings is 1. The summed E-state index contributed by atoms with van der Waals surface area (Å²) in [5.74, 6) is 0. The van der Waals surface area contributed by atoms with Crippen LogP contribution >= 0.6 is 0 Å². The molecule has 3 nitrogen and oxygen atoms in total. The van der Waals surface area contributed by atoms with Gasteiger partial charge in [0, 0.05) is 25.5 Å². The van der Waals surface area contributed by atoms with Crippen molar-refractivity contribution >= 4 is 0 Å². The Hall–Kier alpha value is -0.930. The summed E-state index contributed by atoms with van der Waals surface area (Å²) in [5, 5.41) is 0. The van der Waals surface area contributed by atoms with Crippen LogP contribution in [0.15, 0.2) is 24.5 Å². The largest absolute Gasteiger partial charge is 0.382 e. The maximum atomic E-state index is 6.00. The molecule has 0 aliphatic rings. The van der Waals surface area contributed by atoms with E-state index in [1.165, 1.54) is 0 Å². The maximum Gasteiger partial charge on any atom is 0.0543 e. The molecule has 0 fully saturated rings. The van der Waals surface area contributed by atoms with Crippen LogP contribution in [0.1, 0.15) is 31.4 Å². The quantitative estimate of drug-likeness (QED) is 0.778. The van der Waals surface area contributed by atoms with Gasteiger partial charge in [-0.1, -0.05) is 6.07 Å². The summed E-state index contributed by atoms with van der Waals surface area (Å²) in [6, 6.07) is 3.99. The van der Waals surface area contributed by atoms with E-state index >= 15 is 0 Å². The van der Waals surface area contributed by atoms with Crippen molar-refractivity contribution in [3.63, 3.8) is 0 Å². The number of rotatable bonds is 5. The molecule has 0 aliphatic carbocycles. The van der Waals surface area contributed by atoms with Crippen molar-refractivity contribution in [2.75, 3.05) is 7.11 Å². The van der Waals surface area contributed by atoms with E-state index in [2.05, 4.69) is 11.9 Å². The normalized spacial score (nSPS) is 15.1. The molecule has 1 rings (SSSR count). The van der Waals surface area contributed by atoms with Gasteiger partial charge in [0.1, 0.15) is 0 Å². The average molecular weight is 194 g/mol. The Balaban J connectivity index is 2.39. The Labute approximate surface area is 85.3 Å². The van der Waals surface area contributed by atoms with Crippen LogP contribution in [-0.4, -0.2) is 18.2 Å². The predicted molar refractivity (Wildman–Crippen MR) is 56.9 cm³/mol. The highest BCUT2D eigenvalue weighted by Crippen LogP contribution is 2.15. The third kappa shape index (κ3) is 3.44. The average Bonchev–Trinajstić information content (AvgIpc) is 2.26. The van der Waals surface area contributed by atoms with Crippen molar-refractivity contribution in [1.29, 1.82) is 0 Å². The number of methoxy groups -OCH3 is 1. The highest BCUT2D eigenvalue weighted by atomic mass is 16.5.